The van der Waals surface area contributed by atoms with Gasteiger partial charge in [-0.25, -0.2) is 0 Å². The summed E-state index contributed by atoms with van der Waals surface area (Å²) < 4.78 is 1.64. The molecule has 9 heteroatoms. The number of anilines is 1. The number of hydrogen-bond donors (Lipinski definition) is 1. The first kappa shape index (κ1) is 18.1. The van der Waals surface area contributed by atoms with Crippen LogP contribution < -0.4 is 5.32 Å². The highest BCUT2D eigenvalue weighted by atomic mass is 32.2. The molecular weight excluding hydrogens is 368 g/mol. The van der Waals surface area contributed by atoms with Crippen LogP contribution >= 0.6 is 23.1 Å². The van der Waals surface area contributed by atoms with E-state index in [1.807, 2.05) is 32.0 Å². The van der Waals surface area contributed by atoms with Crippen LogP contribution in [0.4, 0.5) is 5.00 Å². The molecule has 0 bridgehead atoms. The fraction of sp³-hybridized carbons (Fsp3) is 0.235. The van der Waals surface area contributed by atoms with E-state index in [0.29, 0.717) is 15.7 Å². The number of amides is 1. The Kier molecular flexibility index (Phi) is 5.35. The number of hydrogen-bond acceptors (Lipinski definition) is 7. The average Bonchev–Trinajstić information content (AvgIpc) is 3.26. The molecule has 1 aromatic carbocycles. The smallest absolute Gasteiger partial charge is 0.238 e. The van der Waals surface area contributed by atoms with Crippen LogP contribution in [0.25, 0.3) is 5.69 Å². The second-order valence-corrected chi connectivity index (χ2v) is 7.91. The first-order chi connectivity index (χ1) is 12.5. The Balaban J connectivity index is 1.78. The highest BCUT2D eigenvalue weighted by Gasteiger charge is 2.21. The fourth-order valence-electron chi connectivity index (χ4n) is 2.27. The summed E-state index contributed by atoms with van der Waals surface area (Å²) in [5.41, 5.74) is 3.49. The van der Waals surface area contributed by atoms with Gasteiger partial charge in [-0.2, -0.15) is 9.94 Å². The number of thioether (sulfide) groups is 1. The number of benzene rings is 1. The van der Waals surface area contributed by atoms with Gasteiger partial charge in [0.05, 0.1) is 16.5 Å². The quantitative estimate of drug-likeness (QED) is 0.678. The summed E-state index contributed by atoms with van der Waals surface area (Å²) >= 11 is 2.59. The molecule has 0 unspecified atom stereocenters. The maximum Gasteiger partial charge on any atom is 0.238 e. The summed E-state index contributed by atoms with van der Waals surface area (Å²) in [6.07, 6.45) is 0. The summed E-state index contributed by atoms with van der Waals surface area (Å²) in [5.74, 6) is -0.204. The van der Waals surface area contributed by atoms with Crippen molar-refractivity contribution in [1.29, 1.82) is 5.26 Å². The zero-order valence-corrected chi connectivity index (χ0v) is 16.1. The van der Waals surface area contributed by atoms with Gasteiger partial charge in [-0.3, -0.25) is 4.79 Å². The Morgan fingerprint density at radius 1 is 1.38 bits per heavy atom. The van der Waals surface area contributed by atoms with Crippen molar-refractivity contribution in [2.45, 2.75) is 31.2 Å². The minimum Gasteiger partial charge on any atom is -0.316 e. The maximum atomic E-state index is 12.5. The molecule has 3 rings (SSSR count). The number of carbonyl (C=O) groups excluding carboxylic acids is 1. The maximum absolute atomic E-state index is 12.5. The number of nitrogens with zero attached hydrogens (tertiary/aromatic N) is 5. The molecule has 3 aromatic rings. The molecule has 2 aromatic heterocycles. The molecule has 26 heavy (non-hydrogen) atoms. The number of aryl methyl sites for hydroxylation is 2. The molecule has 1 amide bonds. The van der Waals surface area contributed by atoms with E-state index in [4.69, 9.17) is 5.26 Å². The van der Waals surface area contributed by atoms with E-state index in [9.17, 15) is 4.79 Å². The number of nitrogens with one attached hydrogen (secondary N) is 1. The van der Waals surface area contributed by atoms with Crippen molar-refractivity contribution in [2.75, 3.05) is 5.32 Å². The second-order valence-electron chi connectivity index (χ2n) is 5.69. The molecule has 7 nitrogen and oxygen atoms in total. The van der Waals surface area contributed by atoms with Crippen LogP contribution in [0.5, 0.6) is 0 Å². The third-order valence-electron chi connectivity index (χ3n) is 3.71. The van der Waals surface area contributed by atoms with Crippen LogP contribution in [0, 0.1) is 25.2 Å². The Hall–Kier alpha value is -2.70. The van der Waals surface area contributed by atoms with Gasteiger partial charge >= 0.3 is 0 Å². The summed E-state index contributed by atoms with van der Waals surface area (Å²) in [4.78, 5) is 12.5. The van der Waals surface area contributed by atoms with Crippen molar-refractivity contribution in [3.05, 3.63) is 46.3 Å². The van der Waals surface area contributed by atoms with Gasteiger partial charge in [0.1, 0.15) is 11.1 Å². The molecule has 132 valence electrons. The predicted molar refractivity (Wildman–Crippen MR) is 102 cm³/mol. The lowest BCUT2D eigenvalue weighted by atomic mass is 10.1. The van der Waals surface area contributed by atoms with E-state index >= 15 is 0 Å². The second kappa shape index (κ2) is 7.68. The summed E-state index contributed by atoms with van der Waals surface area (Å²) in [7, 11) is 0. The molecule has 0 radical (unpaired) electrons. The van der Waals surface area contributed by atoms with Crippen molar-refractivity contribution in [2.24, 2.45) is 0 Å². The van der Waals surface area contributed by atoms with Gasteiger partial charge in [-0.15, -0.1) is 16.4 Å². The fourth-order valence-corrected chi connectivity index (χ4v) is 3.81. The van der Waals surface area contributed by atoms with Gasteiger partial charge in [0, 0.05) is 0 Å². The monoisotopic (exact) mass is 384 g/mol. The van der Waals surface area contributed by atoms with Crippen molar-refractivity contribution < 1.29 is 4.79 Å². The summed E-state index contributed by atoms with van der Waals surface area (Å²) in [6, 6.07) is 9.78. The zero-order valence-electron chi connectivity index (χ0n) is 14.4. The highest BCUT2D eigenvalue weighted by molar-refractivity contribution is 8.00. The van der Waals surface area contributed by atoms with E-state index in [1.54, 1.807) is 23.1 Å². The van der Waals surface area contributed by atoms with Crippen molar-refractivity contribution in [3.63, 3.8) is 0 Å². The van der Waals surface area contributed by atoms with E-state index in [-0.39, 0.29) is 5.91 Å². The van der Waals surface area contributed by atoms with Crippen LogP contribution in [-0.4, -0.2) is 31.4 Å². The zero-order chi connectivity index (χ0) is 18.7. The average molecular weight is 384 g/mol. The summed E-state index contributed by atoms with van der Waals surface area (Å²) in [5, 5.41) is 26.1. The number of aromatic nitrogens is 4. The topological polar surface area (TPSA) is 96.5 Å². The van der Waals surface area contributed by atoms with Gasteiger partial charge < -0.3 is 5.32 Å². The van der Waals surface area contributed by atoms with E-state index < -0.39 is 5.25 Å². The lowest BCUT2D eigenvalue weighted by molar-refractivity contribution is -0.115. The first-order valence-electron chi connectivity index (χ1n) is 7.80. The third-order valence-corrected chi connectivity index (χ3v) is 5.57. The molecule has 2 heterocycles. The number of nitriles is 1. The minimum absolute atomic E-state index is 0.204. The van der Waals surface area contributed by atoms with E-state index in [2.05, 4.69) is 26.9 Å². The molecule has 0 spiro atoms. The van der Waals surface area contributed by atoms with Crippen molar-refractivity contribution >= 4 is 34.0 Å². The SMILES string of the molecule is Cc1ccc(C)c(-n2nnnc2S[C@H](C)C(=O)Nc2sccc2C#N)c1. The molecule has 0 aliphatic heterocycles. The van der Waals surface area contributed by atoms with Crippen molar-refractivity contribution in [1.82, 2.24) is 20.2 Å². The first-order valence-corrected chi connectivity index (χ1v) is 9.56. The molecule has 0 saturated carbocycles. The van der Waals surface area contributed by atoms with Gasteiger partial charge in [0.15, 0.2) is 0 Å². The van der Waals surface area contributed by atoms with Crippen molar-refractivity contribution in [3.8, 4) is 11.8 Å². The Morgan fingerprint density at radius 3 is 2.96 bits per heavy atom. The predicted octanol–water partition coefficient (Wildman–Crippen LogP) is 3.33. The third kappa shape index (κ3) is 3.76. The lowest BCUT2D eigenvalue weighted by Crippen LogP contribution is -2.22. The minimum atomic E-state index is -0.432. The molecule has 0 aliphatic rings. The Labute approximate surface area is 159 Å². The van der Waals surface area contributed by atoms with Crippen LogP contribution in [0.2, 0.25) is 0 Å². The van der Waals surface area contributed by atoms with Gasteiger partial charge in [0.25, 0.3) is 0 Å². The van der Waals surface area contributed by atoms with Crippen LogP contribution in [0.1, 0.15) is 23.6 Å². The number of thiophene rings is 1. The van der Waals surface area contributed by atoms with E-state index in [0.717, 1.165) is 16.8 Å². The largest absolute Gasteiger partial charge is 0.316 e. The number of carbonyl (C=O) groups is 1. The number of tetrazole rings is 1. The summed E-state index contributed by atoms with van der Waals surface area (Å²) in [6.45, 7) is 5.77. The van der Waals surface area contributed by atoms with Gasteiger partial charge in [0.2, 0.25) is 11.1 Å². The molecular formula is C17H16N6OS2. The number of rotatable bonds is 5. The molecule has 1 N–H and O–H groups in total. The molecule has 0 saturated heterocycles. The van der Waals surface area contributed by atoms with E-state index in [1.165, 1.54) is 23.1 Å². The van der Waals surface area contributed by atoms with Crippen LogP contribution in [0.3, 0.4) is 0 Å². The van der Waals surface area contributed by atoms with Crippen LogP contribution in [-0.2, 0) is 4.79 Å². The standard InChI is InChI=1S/C17H16N6OS2/c1-10-4-5-11(2)14(8-10)23-17(20-21-22-23)26-12(3)15(24)19-16-13(9-18)6-7-25-16/h4-8,12H,1-3H3,(H,19,24)/t12-/m1/s1. The van der Waals surface area contributed by atoms with Gasteiger partial charge in [-0.1, -0.05) is 23.9 Å². The van der Waals surface area contributed by atoms with Crippen LogP contribution in [0.15, 0.2) is 34.8 Å². The highest BCUT2D eigenvalue weighted by Crippen LogP contribution is 2.27. The molecule has 1 atom stereocenters. The Bertz CT molecular complexity index is 987. The molecule has 0 fully saturated rings. The Morgan fingerprint density at radius 2 is 2.19 bits per heavy atom. The van der Waals surface area contributed by atoms with Gasteiger partial charge in [-0.05, 0) is 59.8 Å². The lowest BCUT2D eigenvalue weighted by Gasteiger charge is -2.12. The normalized spacial score (nSPS) is 11.8. The molecule has 0 aliphatic carbocycles.